The molecular formula is C14H21NOS. The maximum absolute atomic E-state index is 12.4. The van der Waals surface area contributed by atoms with Crippen LogP contribution in [0.5, 0.6) is 0 Å². The number of carbonyl (C=O) groups is 1. The summed E-state index contributed by atoms with van der Waals surface area (Å²) in [4.78, 5) is 15.7. The number of hydrogen-bond donors (Lipinski definition) is 0. The van der Waals surface area contributed by atoms with Crippen LogP contribution in [0.15, 0.2) is 5.38 Å². The molecule has 0 aromatic carbocycles. The molecule has 1 unspecified atom stereocenters. The highest BCUT2D eigenvalue weighted by Gasteiger charge is 2.24. The van der Waals surface area contributed by atoms with Gasteiger partial charge in [0.2, 0.25) is 0 Å². The number of amides is 1. The molecule has 1 heterocycles. The monoisotopic (exact) mass is 251 g/mol. The second kappa shape index (κ2) is 5.21. The molecule has 1 amide bonds. The Kier molecular flexibility index (Phi) is 3.87. The van der Waals surface area contributed by atoms with Crippen LogP contribution in [0.3, 0.4) is 0 Å². The molecule has 1 atom stereocenters. The first-order chi connectivity index (χ1) is 8.17. The smallest absolute Gasteiger partial charge is 0.254 e. The quantitative estimate of drug-likeness (QED) is 0.806. The van der Waals surface area contributed by atoms with Crippen molar-refractivity contribution in [1.82, 2.24) is 4.90 Å². The molecule has 1 aromatic rings. The number of thiophene rings is 1. The topological polar surface area (TPSA) is 20.3 Å². The summed E-state index contributed by atoms with van der Waals surface area (Å²) in [7, 11) is 0. The zero-order valence-corrected chi connectivity index (χ0v) is 11.8. The van der Waals surface area contributed by atoms with Gasteiger partial charge in [-0.25, -0.2) is 0 Å². The Balaban J connectivity index is 2.25. The van der Waals surface area contributed by atoms with Crippen molar-refractivity contribution in [3.63, 3.8) is 0 Å². The second-order valence-corrected chi connectivity index (χ2v) is 5.84. The van der Waals surface area contributed by atoms with Crippen LogP contribution >= 0.6 is 11.3 Å². The SMILES string of the molecule is CCN(CC)C(=O)c1csc2c1CCC(C)C2. The van der Waals surface area contributed by atoms with Crippen LogP contribution in [0.1, 0.15) is 48.0 Å². The van der Waals surface area contributed by atoms with E-state index >= 15 is 0 Å². The lowest BCUT2D eigenvalue weighted by Crippen LogP contribution is -2.31. The van der Waals surface area contributed by atoms with Gasteiger partial charge in [-0.15, -0.1) is 11.3 Å². The minimum absolute atomic E-state index is 0.224. The molecule has 1 aliphatic rings. The van der Waals surface area contributed by atoms with Crippen molar-refractivity contribution in [3.8, 4) is 0 Å². The minimum atomic E-state index is 0.224. The molecule has 0 N–H and O–H groups in total. The first-order valence-corrected chi connectivity index (χ1v) is 7.43. The third-order valence-electron chi connectivity index (χ3n) is 3.68. The molecule has 0 bridgehead atoms. The lowest BCUT2D eigenvalue weighted by atomic mass is 9.88. The third kappa shape index (κ3) is 2.39. The average Bonchev–Trinajstić information content (AvgIpc) is 2.73. The first kappa shape index (κ1) is 12.6. The standard InChI is InChI=1S/C14H21NOS/c1-4-15(5-2)14(16)12-9-17-13-8-10(3)6-7-11(12)13/h9-10H,4-8H2,1-3H3. The van der Waals surface area contributed by atoms with Crippen LogP contribution in [-0.2, 0) is 12.8 Å². The number of carbonyl (C=O) groups excluding carboxylic acids is 1. The fourth-order valence-corrected chi connectivity index (χ4v) is 3.78. The summed E-state index contributed by atoms with van der Waals surface area (Å²) in [6, 6.07) is 0. The van der Waals surface area contributed by atoms with Crippen LogP contribution in [0.25, 0.3) is 0 Å². The van der Waals surface area contributed by atoms with Gasteiger partial charge < -0.3 is 4.90 Å². The van der Waals surface area contributed by atoms with Crippen LogP contribution in [-0.4, -0.2) is 23.9 Å². The number of fused-ring (bicyclic) bond motifs is 1. The highest BCUT2D eigenvalue weighted by molar-refractivity contribution is 7.10. The Bertz CT molecular complexity index is 406. The molecular weight excluding hydrogens is 230 g/mol. The van der Waals surface area contributed by atoms with E-state index in [9.17, 15) is 4.79 Å². The number of rotatable bonds is 3. The number of hydrogen-bond acceptors (Lipinski definition) is 2. The minimum Gasteiger partial charge on any atom is -0.339 e. The van der Waals surface area contributed by atoms with E-state index in [0.29, 0.717) is 0 Å². The molecule has 2 rings (SSSR count). The predicted octanol–water partition coefficient (Wildman–Crippen LogP) is 3.35. The summed E-state index contributed by atoms with van der Waals surface area (Å²) in [6.45, 7) is 7.99. The van der Waals surface area contributed by atoms with E-state index in [2.05, 4.69) is 12.3 Å². The molecule has 0 radical (unpaired) electrons. The van der Waals surface area contributed by atoms with E-state index in [-0.39, 0.29) is 5.91 Å². The van der Waals surface area contributed by atoms with E-state index in [4.69, 9.17) is 0 Å². The van der Waals surface area contributed by atoms with Crippen molar-refractivity contribution in [2.45, 2.75) is 40.0 Å². The Morgan fingerprint density at radius 1 is 1.47 bits per heavy atom. The summed E-state index contributed by atoms with van der Waals surface area (Å²) in [5, 5.41) is 2.07. The van der Waals surface area contributed by atoms with Crippen molar-refractivity contribution in [1.29, 1.82) is 0 Å². The van der Waals surface area contributed by atoms with Gasteiger partial charge in [0, 0.05) is 23.3 Å². The van der Waals surface area contributed by atoms with Crippen molar-refractivity contribution >= 4 is 17.2 Å². The zero-order chi connectivity index (χ0) is 12.4. The molecule has 17 heavy (non-hydrogen) atoms. The average molecular weight is 251 g/mol. The highest BCUT2D eigenvalue weighted by atomic mass is 32.1. The Labute approximate surface area is 108 Å². The van der Waals surface area contributed by atoms with Gasteiger partial charge >= 0.3 is 0 Å². The van der Waals surface area contributed by atoms with Gasteiger partial charge in [-0.1, -0.05) is 6.92 Å². The van der Waals surface area contributed by atoms with E-state index in [1.165, 1.54) is 16.9 Å². The zero-order valence-electron chi connectivity index (χ0n) is 11.0. The van der Waals surface area contributed by atoms with Gasteiger partial charge in [0.05, 0.1) is 5.56 Å². The van der Waals surface area contributed by atoms with Gasteiger partial charge in [-0.2, -0.15) is 0 Å². The second-order valence-electron chi connectivity index (χ2n) is 4.88. The molecule has 0 spiro atoms. The predicted molar refractivity (Wildman–Crippen MR) is 72.8 cm³/mol. The Morgan fingerprint density at radius 3 is 2.82 bits per heavy atom. The highest BCUT2D eigenvalue weighted by Crippen LogP contribution is 2.33. The van der Waals surface area contributed by atoms with Crippen molar-refractivity contribution < 1.29 is 4.79 Å². The van der Waals surface area contributed by atoms with Gasteiger partial charge in [0.25, 0.3) is 5.91 Å². The molecule has 1 aromatic heterocycles. The van der Waals surface area contributed by atoms with Gasteiger partial charge in [0.15, 0.2) is 0 Å². The first-order valence-electron chi connectivity index (χ1n) is 6.55. The fourth-order valence-electron chi connectivity index (χ4n) is 2.54. The van der Waals surface area contributed by atoms with Crippen LogP contribution in [0, 0.1) is 5.92 Å². The summed E-state index contributed by atoms with van der Waals surface area (Å²) in [6.07, 6.45) is 3.47. The molecule has 0 saturated carbocycles. The van der Waals surface area contributed by atoms with Gasteiger partial charge in [-0.05, 0) is 44.6 Å². The summed E-state index contributed by atoms with van der Waals surface area (Å²) >= 11 is 1.77. The van der Waals surface area contributed by atoms with Gasteiger partial charge in [0.1, 0.15) is 0 Å². The molecule has 0 saturated heterocycles. The van der Waals surface area contributed by atoms with Crippen LogP contribution in [0.2, 0.25) is 0 Å². The van der Waals surface area contributed by atoms with E-state index in [1.54, 1.807) is 11.3 Å². The summed E-state index contributed by atoms with van der Waals surface area (Å²) in [5.41, 5.74) is 2.31. The largest absolute Gasteiger partial charge is 0.339 e. The number of nitrogens with zero attached hydrogens (tertiary/aromatic N) is 1. The van der Waals surface area contributed by atoms with E-state index < -0.39 is 0 Å². The van der Waals surface area contributed by atoms with Crippen molar-refractivity contribution in [2.24, 2.45) is 5.92 Å². The molecule has 3 heteroatoms. The van der Waals surface area contributed by atoms with Crippen LogP contribution < -0.4 is 0 Å². The van der Waals surface area contributed by atoms with E-state index in [0.717, 1.165) is 37.4 Å². The molecule has 0 aliphatic heterocycles. The lowest BCUT2D eigenvalue weighted by Gasteiger charge is -2.22. The Morgan fingerprint density at radius 2 is 2.18 bits per heavy atom. The van der Waals surface area contributed by atoms with Crippen molar-refractivity contribution in [2.75, 3.05) is 13.1 Å². The lowest BCUT2D eigenvalue weighted by molar-refractivity contribution is 0.0772. The molecule has 2 nitrogen and oxygen atoms in total. The third-order valence-corrected chi connectivity index (χ3v) is 4.73. The van der Waals surface area contributed by atoms with Gasteiger partial charge in [-0.3, -0.25) is 4.79 Å². The Hall–Kier alpha value is -0.830. The maximum atomic E-state index is 12.4. The van der Waals surface area contributed by atoms with Crippen LogP contribution in [0.4, 0.5) is 0 Å². The fraction of sp³-hybridized carbons (Fsp3) is 0.643. The molecule has 1 aliphatic carbocycles. The van der Waals surface area contributed by atoms with Crippen molar-refractivity contribution in [3.05, 3.63) is 21.4 Å². The summed E-state index contributed by atoms with van der Waals surface area (Å²) in [5.74, 6) is 1.000. The normalized spacial score (nSPS) is 18.9. The van der Waals surface area contributed by atoms with E-state index in [1.807, 2.05) is 18.7 Å². The molecule has 94 valence electrons. The molecule has 0 fully saturated rings. The summed E-state index contributed by atoms with van der Waals surface area (Å²) < 4.78 is 0. The maximum Gasteiger partial charge on any atom is 0.254 e.